The van der Waals surface area contributed by atoms with Gasteiger partial charge in [-0.05, 0) is 51.3 Å². The molecule has 0 bridgehead atoms. The van der Waals surface area contributed by atoms with Crippen molar-refractivity contribution in [1.29, 1.82) is 0 Å². The molecular formula is C18H29IN4O. The maximum atomic E-state index is 12.0. The summed E-state index contributed by atoms with van der Waals surface area (Å²) in [5.41, 5.74) is 2.13. The Labute approximate surface area is 162 Å². The number of nitrogens with zero attached hydrogens (tertiary/aromatic N) is 2. The molecule has 6 heteroatoms. The minimum atomic E-state index is -0.0275. The van der Waals surface area contributed by atoms with Crippen LogP contribution in [0.3, 0.4) is 0 Å². The predicted octanol–water partition coefficient (Wildman–Crippen LogP) is 3.29. The lowest BCUT2D eigenvalue weighted by Crippen LogP contribution is -2.47. The Morgan fingerprint density at radius 2 is 1.88 bits per heavy atom. The smallest absolute Gasteiger partial charge is 0.226 e. The number of hydrogen-bond donors (Lipinski definition) is 2. The molecule has 0 aromatic heterocycles. The van der Waals surface area contributed by atoms with E-state index in [0.29, 0.717) is 13.0 Å². The van der Waals surface area contributed by atoms with Gasteiger partial charge in [-0.2, -0.15) is 0 Å². The molecule has 0 aliphatic carbocycles. The van der Waals surface area contributed by atoms with Gasteiger partial charge in [-0.25, -0.2) is 0 Å². The largest absolute Gasteiger partial charge is 0.352 e. The van der Waals surface area contributed by atoms with Crippen LogP contribution in [0.5, 0.6) is 0 Å². The molecule has 2 rings (SSSR count). The third kappa shape index (κ3) is 6.30. The van der Waals surface area contributed by atoms with Crippen molar-refractivity contribution in [1.82, 2.24) is 10.6 Å². The van der Waals surface area contributed by atoms with Crippen molar-refractivity contribution in [3.63, 3.8) is 0 Å². The molecule has 134 valence electrons. The fourth-order valence-corrected chi connectivity index (χ4v) is 2.59. The molecule has 1 aromatic rings. The first-order valence-corrected chi connectivity index (χ1v) is 8.27. The molecule has 5 nitrogen and oxygen atoms in total. The Morgan fingerprint density at radius 3 is 2.42 bits per heavy atom. The van der Waals surface area contributed by atoms with Crippen molar-refractivity contribution in [2.75, 3.05) is 18.5 Å². The Morgan fingerprint density at radius 1 is 1.21 bits per heavy atom. The second-order valence-electron chi connectivity index (χ2n) is 6.97. The summed E-state index contributed by atoms with van der Waals surface area (Å²) in [5.74, 6) is 1.02. The number of anilines is 1. The van der Waals surface area contributed by atoms with E-state index in [4.69, 9.17) is 0 Å². The number of carbonyl (C=O) groups excluding carboxylic acids is 1. The van der Waals surface area contributed by atoms with E-state index in [1.54, 1.807) is 7.05 Å². The zero-order valence-corrected chi connectivity index (χ0v) is 17.4. The minimum absolute atomic E-state index is 0. The number of piperidine rings is 1. The number of carbonyl (C=O) groups is 1. The summed E-state index contributed by atoms with van der Waals surface area (Å²) in [5, 5.41) is 6.64. The molecule has 1 aliphatic rings. The van der Waals surface area contributed by atoms with Crippen LogP contribution in [0.15, 0.2) is 29.3 Å². The van der Waals surface area contributed by atoms with Gasteiger partial charge in [-0.15, -0.1) is 24.0 Å². The van der Waals surface area contributed by atoms with E-state index in [1.165, 1.54) is 0 Å². The van der Waals surface area contributed by atoms with Gasteiger partial charge < -0.3 is 15.5 Å². The Balaban J connectivity index is 0.00000288. The van der Waals surface area contributed by atoms with Gasteiger partial charge in [-0.1, -0.05) is 12.1 Å². The summed E-state index contributed by atoms with van der Waals surface area (Å²) in [7, 11) is 1.77. The van der Waals surface area contributed by atoms with Gasteiger partial charge in [-0.3, -0.25) is 9.79 Å². The molecule has 1 heterocycles. The van der Waals surface area contributed by atoms with Gasteiger partial charge in [0.15, 0.2) is 5.96 Å². The second kappa shape index (κ2) is 9.25. The van der Waals surface area contributed by atoms with Gasteiger partial charge in [0, 0.05) is 37.8 Å². The molecule has 0 unspecified atom stereocenters. The average Bonchev–Trinajstić information content (AvgIpc) is 2.51. The third-order valence-electron chi connectivity index (χ3n) is 3.75. The van der Waals surface area contributed by atoms with E-state index < -0.39 is 0 Å². The van der Waals surface area contributed by atoms with Gasteiger partial charge in [0.05, 0.1) is 0 Å². The fraction of sp³-hybridized carbons (Fsp3) is 0.556. The number of guanidine groups is 1. The number of rotatable bonds is 3. The monoisotopic (exact) mass is 444 g/mol. The summed E-state index contributed by atoms with van der Waals surface area (Å²) < 4.78 is 0. The highest BCUT2D eigenvalue weighted by atomic mass is 127. The molecule has 1 fully saturated rings. The molecule has 1 aliphatic heterocycles. The lowest BCUT2D eigenvalue weighted by molar-refractivity contribution is -0.119. The van der Waals surface area contributed by atoms with Crippen molar-refractivity contribution >= 4 is 41.5 Å². The predicted molar refractivity (Wildman–Crippen MR) is 111 cm³/mol. The van der Waals surface area contributed by atoms with E-state index in [1.807, 2.05) is 17.0 Å². The highest BCUT2D eigenvalue weighted by Crippen LogP contribution is 2.21. The van der Waals surface area contributed by atoms with Crippen LogP contribution in [0.1, 0.15) is 45.6 Å². The number of aliphatic imine (C=N–C) groups is 1. The van der Waals surface area contributed by atoms with Crippen LogP contribution in [0.25, 0.3) is 0 Å². The summed E-state index contributed by atoms with van der Waals surface area (Å²) in [4.78, 5) is 18.1. The van der Waals surface area contributed by atoms with Gasteiger partial charge >= 0.3 is 0 Å². The Kier molecular flexibility index (Phi) is 7.99. The number of hydrogen-bond acceptors (Lipinski definition) is 2. The Hall–Kier alpha value is -1.31. The second-order valence-corrected chi connectivity index (χ2v) is 6.97. The number of nitrogens with one attached hydrogen (secondary N) is 2. The highest BCUT2D eigenvalue weighted by Gasteiger charge is 2.19. The fourth-order valence-electron chi connectivity index (χ4n) is 2.59. The minimum Gasteiger partial charge on any atom is -0.352 e. The first kappa shape index (κ1) is 20.7. The van der Waals surface area contributed by atoms with Crippen molar-refractivity contribution in [3.05, 3.63) is 29.8 Å². The first-order chi connectivity index (χ1) is 10.9. The summed E-state index contributed by atoms with van der Waals surface area (Å²) >= 11 is 0. The summed E-state index contributed by atoms with van der Waals surface area (Å²) in [6, 6.07) is 8.18. The van der Waals surface area contributed by atoms with Crippen LogP contribution >= 0.6 is 24.0 Å². The van der Waals surface area contributed by atoms with Crippen molar-refractivity contribution in [3.8, 4) is 0 Å². The first-order valence-electron chi connectivity index (χ1n) is 8.27. The van der Waals surface area contributed by atoms with Crippen LogP contribution in [0, 0.1) is 0 Å². The lowest BCUT2D eigenvalue weighted by Gasteiger charge is -2.27. The average molecular weight is 444 g/mol. The molecule has 0 radical (unpaired) electrons. The van der Waals surface area contributed by atoms with E-state index in [9.17, 15) is 4.79 Å². The molecule has 1 amide bonds. The molecule has 1 aromatic carbocycles. The zero-order chi connectivity index (χ0) is 16.9. The summed E-state index contributed by atoms with van der Waals surface area (Å²) in [6.07, 6.45) is 2.76. The molecule has 24 heavy (non-hydrogen) atoms. The molecule has 0 spiro atoms. The van der Waals surface area contributed by atoms with Crippen LogP contribution < -0.4 is 15.5 Å². The number of halogens is 1. The van der Waals surface area contributed by atoms with Gasteiger partial charge in [0.2, 0.25) is 5.91 Å². The van der Waals surface area contributed by atoms with Crippen molar-refractivity contribution in [2.45, 2.75) is 52.1 Å². The van der Waals surface area contributed by atoms with Crippen LogP contribution in [0.4, 0.5) is 5.69 Å². The van der Waals surface area contributed by atoms with Gasteiger partial charge in [0.25, 0.3) is 0 Å². The zero-order valence-electron chi connectivity index (χ0n) is 15.1. The standard InChI is InChI=1S/C18H28N4O.HI/c1-18(2,3)21-17(19-4)20-13-14-8-10-15(11-9-14)22-12-6-5-7-16(22)23;/h8-11H,5-7,12-13H2,1-4H3,(H2,19,20,21);1H. The van der Waals surface area contributed by atoms with Crippen molar-refractivity contribution < 1.29 is 4.79 Å². The maximum absolute atomic E-state index is 12.0. The molecule has 0 saturated carbocycles. The van der Waals surface area contributed by atoms with Crippen LogP contribution in [-0.4, -0.2) is 31.0 Å². The lowest BCUT2D eigenvalue weighted by atomic mass is 10.1. The molecule has 1 saturated heterocycles. The SMILES string of the molecule is CN=C(NCc1ccc(N2CCCCC2=O)cc1)NC(C)(C)C.I. The van der Waals surface area contributed by atoms with E-state index >= 15 is 0 Å². The molecule has 0 atom stereocenters. The Bertz CT molecular complexity index is 563. The maximum Gasteiger partial charge on any atom is 0.226 e. The summed E-state index contributed by atoms with van der Waals surface area (Å²) in [6.45, 7) is 7.83. The van der Waals surface area contributed by atoms with Gasteiger partial charge in [0.1, 0.15) is 0 Å². The quantitative estimate of drug-likeness (QED) is 0.428. The number of benzene rings is 1. The molecular weight excluding hydrogens is 415 g/mol. The number of amides is 1. The van der Waals surface area contributed by atoms with Crippen LogP contribution in [0.2, 0.25) is 0 Å². The molecule has 2 N–H and O–H groups in total. The normalized spacial score (nSPS) is 15.8. The van der Waals surface area contributed by atoms with E-state index in [0.717, 1.165) is 36.6 Å². The van der Waals surface area contributed by atoms with E-state index in [-0.39, 0.29) is 35.4 Å². The highest BCUT2D eigenvalue weighted by molar-refractivity contribution is 14.0. The van der Waals surface area contributed by atoms with Crippen LogP contribution in [-0.2, 0) is 11.3 Å². The topological polar surface area (TPSA) is 56.7 Å². The van der Waals surface area contributed by atoms with Crippen molar-refractivity contribution in [2.24, 2.45) is 4.99 Å². The third-order valence-corrected chi connectivity index (χ3v) is 3.75. The van der Waals surface area contributed by atoms with E-state index in [2.05, 4.69) is 48.5 Å².